The van der Waals surface area contributed by atoms with Crippen molar-refractivity contribution in [3.8, 4) is 0 Å². The Labute approximate surface area is 102 Å². The van der Waals surface area contributed by atoms with E-state index >= 15 is 0 Å². The first-order chi connectivity index (χ1) is 7.24. The molecule has 0 saturated carbocycles. The lowest BCUT2D eigenvalue weighted by atomic mass is 9.84. The molecule has 2 N–H and O–H groups in total. The van der Waals surface area contributed by atoms with Gasteiger partial charge in [-0.05, 0) is 45.4 Å². The van der Waals surface area contributed by atoms with Gasteiger partial charge in [-0.25, -0.2) is 0 Å². The van der Waals surface area contributed by atoms with Gasteiger partial charge >= 0.3 is 0 Å². The normalized spacial score (nSPS) is 14.8. The van der Waals surface area contributed by atoms with Crippen LogP contribution in [0.25, 0.3) is 0 Å². The first-order valence-electron chi connectivity index (χ1n) is 6.28. The van der Waals surface area contributed by atoms with Gasteiger partial charge in [-0.1, -0.05) is 20.8 Å². The minimum atomic E-state index is 0.381. The maximum atomic E-state index is 5.85. The molecule has 3 nitrogen and oxygen atoms in total. The molecule has 0 aliphatic rings. The van der Waals surface area contributed by atoms with Crippen LogP contribution >= 0.6 is 0 Å². The van der Waals surface area contributed by atoms with Gasteiger partial charge in [0.1, 0.15) is 0 Å². The van der Waals surface area contributed by atoms with Crippen molar-refractivity contribution in [2.45, 2.75) is 27.2 Å². The third-order valence-electron chi connectivity index (χ3n) is 2.73. The summed E-state index contributed by atoms with van der Waals surface area (Å²) in [4.78, 5) is 4.61. The lowest BCUT2D eigenvalue weighted by molar-refractivity contribution is 0.208. The first-order valence-corrected chi connectivity index (χ1v) is 6.28. The number of hydrogen-bond donors (Lipinski definition) is 1. The second-order valence-electron chi connectivity index (χ2n) is 6.43. The van der Waals surface area contributed by atoms with Crippen LogP contribution in [0.5, 0.6) is 0 Å². The smallest absolute Gasteiger partial charge is 0.0106 e. The molecule has 0 amide bonds. The molecular weight excluding hydrogens is 198 g/mol. The molecule has 0 heterocycles. The van der Waals surface area contributed by atoms with Crippen molar-refractivity contribution < 1.29 is 0 Å². The van der Waals surface area contributed by atoms with Gasteiger partial charge < -0.3 is 15.5 Å². The van der Waals surface area contributed by atoms with Crippen molar-refractivity contribution in [1.82, 2.24) is 9.80 Å². The zero-order valence-electron chi connectivity index (χ0n) is 12.1. The van der Waals surface area contributed by atoms with Crippen LogP contribution in [0, 0.1) is 11.3 Å². The minimum absolute atomic E-state index is 0.381. The molecule has 0 aromatic carbocycles. The van der Waals surface area contributed by atoms with Gasteiger partial charge in [-0.3, -0.25) is 0 Å². The largest absolute Gasteiger partial charge is 0.330 e. The van der Waals surface area contributed by atoms with Gasteiger partial charge in [-0.2, -0.15) is 0 Å². The van der Waals surface area contributed by atoms with Crippen LogP contribution in [0.2, 0.25) is 0 Å². The average Bonchev–Trinajstić information content (AvgIpc) is 2.11. The monoisotopic (exact) mass is 229 g/mol. The molecule has 16 heavy (non-hydrogen) atoms. The molecule has 0 rings (SSSR count). The van der Waals surface area contributed by atoms with Crippen molar-refractivity contribution in [2.24, 2.45) is 17.1 Å². The van der Waals surface area contributed by atoms with Crippen molar-refractivity contribution in [3.05, 3.63) is 0 Å². The number of hydrogen-bond acceptors (Lipinski definition) is 3. The SMILES string of the molecule is CN(C)CCN(C)CC(CN)CC(C)(C)C. The fraction of sp³-hybridized carbons (Fsp3) is 1.00. The summed E-state index contributed by atoms with van der Waals surface area (Å²) in [5.74, 6) is 0.618. The second kappa shape index (κ2) is 7.25. The molecule has 3 heteroatoms. The Morgan fingerprint density at radius 2 is 1.62 bits per heavy atom. The van der Waals surface area contributed by atoms with E-state index in [2.05, 4.69) is 51.7 Å². The summed E-state index contributed by atoms with van der Waals surface area (Å²) in [5, 5.41) is 0. The summed E-state index contributed by atoms with van der Waals surface area (Å²) in [6.45, 7) is 11.0. The van der Waals surface area contributed by atoms with E-state index in [1.807, 2.05) is 0 Å². The Morgan fingerprint density at radius 1 is 1.06 bits per heavy atom. The van der Waals surface area contributed by atoms with Crippen molar-refractivity contribution >= 4 is 0 Å². The maximum absolute atomic E-state index is 5.85. The van der Waals surface area contributed by atoms with Crippen LogP contribution in [0.15, 0.2) is 0 Å². The molecule has 0 saturated heterocycles. The highest BCUT2D eigenvalue weighted by atomic mass is 15.1. The molecule has 0 radical (unpaired) electrons. The van der Waals surface area contributed by atoms with Crippen LogP contribution in [-0.4, -0.2) is 57.1 Å². The summed E-state index contributed by atoms with van der Waals surface area (Å²) in [6, 6.07) is 0. The van der Waals surface area contributed by atoms with E-state index in [1.165, 1.54) is 6.42 Å². The maximum Gasteiger partial charge on any atom is 0.0106 e. The van der Waals surface area contributed by atoms with E-state index in [0.29, 0.717) is 11.3 Å². The van der Waals surface area contributed by atoms with Gasteiger partial charge in [0.05, 0.1) is 0 Å². The molecule has 0 bridgehead atoms. The molecule has 98 valence electrons. The molecule has 0 fully saturated rings. The summed E-state index contributed by atoms with van der Waals surface area (Å²) in [7, 11) is 6.42. The molecule has 0 aliphatic heterocycles. The van der Waals surface area contributed by atoms with Gasteiger partial charge in [0.25, 0.3) is 0 Å². The second-order valence-corrected chi connectivity index (χ2v) is 6.43. The average molecular weight is 229 g/mol. The number of likely N-dealkylation sites (N-methyl/N-ethyl adjacent to an activating group) is 2. The van der Waals surface area contributed by atoms with E-state index < -0.39 is 0 Å². The Morgan fingerprint density at radius 3 is 2.00 bits per heavy atom. The minimum Gasteiger partial charge on any atom is -0.330 e. The predicted molar refractivity (Wildman–Crippen MR) is 72.7 cm³/mol. The molecule has 1 unspecified atom stereocenters. The van der Waals surface area contributed by atoms with E-state index in [9.17, 15) is 0 Å². The predicted octanol–water partition coefficient (Wildman–Crippen LogP) is 1.49. The fourth-order valence-corrected chi connectivity index (χ4v) is 1.99. The third kappa shape index (κ3) is 9.13. The first kappa shape index (κ1) is 15.9. The van der Waals surface area contributed by atoms with Crippen LogP contribution in [0.3, 0.4) is 0 Å². The van der Waals surface area contributed by atoms with Gasteiger partial charge in [0.15, 0.2) is 0 Å². The van der Waals surface area contributed by atoms with E-state index in [1.54, 1.807) is 0 Å². The fourth-order valence-electron chi connectivity index (χ4n) is 1.99. The van der Waals surface area contributed by atoms with Crippen LogP contribution < -0.4 is 5.73 Å². The number of nitrogens with two attached hydrogens (primary N) is 1. The van der Waals surface area contributed by atoms with E-state index in [-0.39, 0.29) is 0 Å². The van der Waals surface area contributed by atoms with Crippen molar-refractivity contribution in [2.75, 3.05) is 47.3 Å². The number of nitrogens with zero attached hydrogens (tertiary/aromatic N) is 2. The van der Waals surface area contributed by atoms with Crippen LogP contribution in [0.1, 0.15) is 27.2 Å². The topological polar surface area (TPSA) is 32.5 Å². The highest BCUT2D eigenvalue weighted by Gasteiger charge is 2.18. The molecule has 0 aliphatic carbocycles. The zero-order valence-corrected chi connectivity index (χ0v) is 12.1. The molecule has 0 spiro atoms. The summed E-state index contributed by atoms with van der Waals surface area (Å²) in [5.41, 5.74) is 6.23. The summed E-state index contributed by atoms with van der Waals surface area (Å²) < 4.78 is 0. The van der Waals surface area contributed by atoms with Crippen molar-refractivity contribution in [1.29, 1.82) is 0 Å². The Bertz CT molecular complexity index is 173. The number of rotatable bonds is 7. The quantitative estimate of drug-likeness (QED) is 0.718. The Hall–Kier alpha value is -0.120. The zero-order chi connectivity index (χ0) is 12.8. The Kier molecular flexibility index (Phi) is 7.20. The van der Waals surface area contributed by atoms with E-state index in [4.69, 9.17) is 5.73 Å². The molecule has 1 atom stereocenters. The molecule has 0 aromatic heterocycles. The lowest BCUT2D eigenvalue weighted by Crippen LogP contribution is -2.36. The summed E-state index contributed by atoms with van der Waals surface area (Å²) >= 11 is 0. The standard InChI is InChI=1S/C13H31N3/c1-13(2,3)9-12(10-14)11-16(6)8-7-15(4)5/h12H,7-11,14H2,1-6H3. The van der Waals surface area contributed by atoms with Crippen LogP contribution in [-0.2, 0) is 0 Å². The molecular formula is C13H31N3. The van der Waals surface area contributed by atoms with Crippen molar-refractivity contribution in [3.63, 3.8) is 0 Å². The third-order valence-corrected chi connectivity index (χ3v) is 2.73. The van der Waals surface area contributed by atoms with Gasteiger partial charge in [0.2, 0.25) is 0 Å². The Balaban J connectivity index is 3.92. The lowest BCUT2D eigenvalue weighted by Gasteiger charge is -2.29. The van der Waals surface area contributed by atoms with Crippen LogP contribution in [0.4, 0.5) is 0 Å². The van der Waals surface area contributed by atoms with Gasteiger partial charge in [0, 0.05) is 19.6 Å². The molecule has 0 aromatic rings. The highest BCUT2D eigenvalue weighted by molar-refractivity contribution is 4.72. The van der Waals surface area contributed by atoms with Gasteiger partial charge in [-0.15, -0.1) is 0 Å². The van der Waals surface area contributed by atoms with E-state index in [0.717, 1.165) is 26.2 Å². The summed E-state index contributed by atoms with van der Waals surface area (Å²) in [6.07, 6.45) is 1.20. The highest BCUT2D eigenvalue weighted by Crippen LogP contribution is 2.24.